The van der Waals surface area contributed by atoms with Gasteiger partial charge in [-0.25, -0.2) is 4.39 Å². The van der Waals surface area contributed by atoms with E-state index in [1.807, 2.05) is 12.1 Å². The second kappa shape index (κ2) is 6.98. The fourth-order valence-electron chi connectivity index (χ4n) is 3.46. The van der Waals surface area contributed by atoms with Crippen LogP contribution >= 0.6 is 0 Å². The Morgan fingerprint density at radius 2 is 2.00 bits per heavy atom. The van der Waals surface area contributed by atoms with Gasteiger partial charge in [0.25, 0.3) is 0 Å². The van der Waals surface area contributed by atoms with Gasteiger partial charge in [-0.3, -0.25) is 0 Å². The summed E-state index contributed by atoms with van der Waals surface area (Å²) in [6.45, 7) is 4.45. The number of nitrogens with one attached hydrogen (secondary N) is 1. The summed E-state index contributed by atoms with van der Waals surface area (Å²) in [5.74, 6) is 1.48. The number of morpholine rings is 1. The summed E-state index contributed by atoms with van der Waals surface area (Å²) in [6.07, 6.45) is 1.97. The molecular formula is C19H22FN3O2. The van der Waals surface area contributed by atoms with Gasteiger partial charge in [0.05, 0.1) is 12.2 Å². The third-order valence-corrected chi connectivity index (χ3v) is 4.86. The summed E-state index contributed by atoms with van der Waals surface area (Å²) in [5, 5.41) is 3.43. The highest BCUT2D eigenvalue weighted by molar-refractivity contribution is 5.42. The summed E-state index contributed by atoms with van der Waals surface area (Å²) in [4.78, 5) is 6.83. The van der Waals surface area contributed by atoms with Crippen molar-refractivity contribution in [2.24, 2.45) is 0 Å². The minimum Gasteiger partial charge on any atom is -0.439 e. The second-order valence-electron chi connectivity index (χ2n) is 6.59. The Morgan fingerprint density at radius 1 is 1.16 bits per heavy atom. The average molecular weight is 343 g/mol. The standard InChI is InChI=1S/C19H22FN3O2/c20-15-3-1-4-16(13-15)25-18-6-2-5-17(22-18)23-10-7-19(8-11-23)14-21-9-12-24-19/h1-6,13,21H,7-12,14H2. The molecule has 0 aliphatic carbocycles. The molecule has 0 atom stereocenters. The first-order valence-electron chi connectivity index (χ1n) is 8.73. The maximum Gasteiger partial charge on any atom is 0.221 e. The van der Waals surface area contributed by atoms with Gasteiger partial charge in [0, 0.05) is 38.3 Å². The van der Waals surface area contributed by atoms with Crippen LogP contribution in [0.4, 0.5) is 10.2 Å². The highest BCUT2D eigenvalue weighted by Crippen LogP contribution is 2.30. The molecule has 0 amide bonds. The topological polar surface area (TPSA) is 46.6 Å². The van der Waals surface area contributed by atoms with Gasteiger partial charge in [-0.05, 0) is 31.0 Å². The van der Waals surface area contributed by atoms with E-state index in [1.165, 1.54) is 12.1 Å². The molecule has 0 bridgehead atoms. The maximum atomic E-state index is 13.3. The van der Waals surface area contributed by atoms with Gasteiger partial charge in [0.1, 0.15) is 17.4 Å². The van der Waals surface area contributed by atoms with E-state index in [4.69, 9.17) is 9.47 Å². The fourth-order valence-corrected chi connectivity index (χ4v) is 3.46. The first-order chi connectivity index (χ1) is 12.2. The lowest BCUT2D eigenvalue weighted by Gasteiger charge is -2.44. The molecule has 0 saturated carbocycles. The lowest BCUT2D eigenvalue weighted by molar-refractivity contribution is -0.0800. The van der Waals surface area contributed by atoms with Gasteiger partial charge in [0.2, 0.25) is 5.88 Å². The number of ether oxygens (including phenoxy) is 2. The van der Waals surface area contributed by atoms with Crippen molar-refractivity contribution in [3.8, 4) is 11.6 Å². The maximum absolute atomic E-state index is 13.3. The summed E-state index contributed by atoms with van der Waals surface area (Å²) in [7, 11) is 0. The zero-order valence-corrected chi connectivity index (χ0v) is 14.1. The molecule has 1 aromatic heterocycles. The zero-order valence-electron chi connectivity index (χ0n) is 14.1. The normalized spacial score (nSPS) is 19.8. The highest BCUT2D eigenvalue weighted by Gasteiger charge is 2.37. The molecule has 2 aliphatic rings. The van der Waals surface area contributed by atoms with Crippen molar-refractivity contribution in [2.45, 2.75) is 18.4 Å². The van der Waals surface area contributed by atoms with E-state index < -0.39 is 0 Å². The number of hydrogen-bond acceptors (Lipinski definition) is 5. The predicted molar refractivity (Wildman–Crippen MR) is 93.7 cm³/mol. The van der Waals surface area contributed by atoms with Crippen molar-refractivity contribution in [3.63, 3.8) is 0 Å². The molecule has 132 valence electrons. The SMILES string of the molecule is Fc1cccc(Oc2cccc(N3CCC4(CC3)CNCCO4)n2)c1. The Bertz CT molecular complexity index is 724. The number of piperidine rings is 1. The van der Waals surface area contributed by atoms with Crippen molar-refractivity contribution < 1.29 is 13.9 Å². The summed E-state index contributed by atoms with van der Waals surface area (Å²) in [6, 6.07) is 11.8. The van der Waals surface area contributed by atoms with Gasteiger partial charge in [-0.15, -0.1) is 0 Å². The molecule has 1 spiro atoms. The molecule has 2 fully saturated rings. The number of hydrogen-bond donors (Lipinski definition) is 1. The number of nitrogens with zero attached hydrogens (tertiary/aromatic N) is 2. The van der Waals surface area contributed by atoms with Crippen molar-refractivity contribution >= 4 is 5.82 Å². The third kappa shape index (κ3) is 3.75. The first kappa shape index (κ1) is 16.3. The quantitative estimate of drug-likeness (QED) is 0.928. The van der Waals surface area contributed by atoms with Crippen LogP contribution in [0.2, 0.25) is 0 Å². The van der Waals surface area contributed by atoms with Crippen LogP contribution in [0.5, 0.6) is 11.6 Å². The molecule has 25 heavy (non-hydrogen) atoms. The van der Waals surface area contributed by atoms with Crippen LogP contribution in [0.1, 0.15) is 12.8 Å². The first-order valence-corrected chi connectivity index (χ1v) is 8.73. The van der Waals surface area contributed by atoms with Crippen LogP contribution in [-0.2, 0) is 4.74 Å². The Kier molecular flexibility index (Phi) is 4.55. The molecule has 0 radical (unpaired) electrons. The summed E-state index contributed by atoms with van der Waals surface area (Å²) < 4.78 is 25.0. The molecule has 4 rings (SSSR count). The number of halogens is 1. The molecule has 2 aromatic rings. The molecule has 3 heterocycles. The van der Waals surface area contributed by atoms with Crippen molar-refractivity contribution in [2.75, 3.05) is 37.7 Å². The Balaban J connectivity index is 1.43. The average Bonchev–Trinajstić information content (AvgIpc) is 2.63. The van der Waals surface area contributed by atoms with E-state index >= 15 is 0 Å². The van der Waals surface area contributed by atoms with Crippen LogP contribution in [0.3, 0.4) is 0 Å². The molecule has 1 N–H and O–H groups in total. The summed E-state index contributed by atoms with van der Waals surface area (Å²) >= 11 is 0. The van der Waals surface area contributed by atoms with Gasteiger partial charge >= 0.3 is 0 Å². The van der Waals surface area contributed by atoms with Crippen molar-refractivity contribution in [1.29, 1.82) is 0 Å². The molecule has 0 unspecified atom stereocenters. The highest BCUT2D eigenvalue weighted by atomic mass is 19.1. The van der Waals surface area contributed by atoms with Crippen LogP contribution in [0, 0.1) is 5.82 Å². The Morgan fingerprint density at radius 3 is 2.76 bits per heavy atom. The minimum absolute atomic E-state index is 0.0234. The van der Waals surface area contributed by atoms with Gasteiger partial charge < -0.3 is 19.7 Å². The number of benzene rings is 1. The fraction of sp³-hybridized carbons (Fsp3) is 0.421. The molecule has 6 heteroatoms. The van der Waals surface area contributed by atoms with Crippen LogP contribution < -0.4 is 15.0 Å². The molecular weight excluding hydrogens is 321 g/mol. The Labute approximate surface area is 146 Å². The number of anilines is 1. The van der Waals surface area contributed by atoms with Crippen LogP contribution in [-0.4, -0.2) is 43.4 Å². The smallest absolute Gasteiger partial charge is 0.221 e. The van der Waals surface area contributed by atoms with E-state index in [2.05, 4.69) is 15.2 Å². The Hall–Kier alpha value is -2.18. The summed E-state index contributed by atoms with van der Waals surface area (Å²) in [5.41, 5.74) is -0.0234. The van der Waals surface area contributed by atoms with Gasteiger partial charge in [0.15, 0.2) is 0 Å². The van der Waals surface area contributed by atoms with Gasteiger partial charge in [-0.1, -0.05) is 12.1 Å². The van der Waals surface area contributed by atoms with E-state index in [0.717, 1.165) is 51.4 Å². The van der Waals surface area contributed by atoms with Crippen molar-refractivity contribution in [1.82, 2.24) is 10.3 Å². The van der Waals surface area contributed by atoms with E-state index in [0.29, 0.717) is 11.6 Å². The zero-order chi connectivity index (χ0) is 17.1. The van der Waals surface area contributed by atoms with E-state index in [1.54, 1.807) is 18.2 Å². The van der Waals surface area contributed by atoms with Crippen LogP contribution in [0.15, 0.2) is 42.5 Å². The van der Waals surface area contributed by atoms with E-state index in [-0.39, 0.29) is 11.4 Å². The largest absolute Gasteiger partial charge is 0.439 e. The lowest BCUT2D eigenvalue weighted by Crippen LogP contribution is -2.55. The molecule has 1 aromatic carbocycles. The molecule has 5 nitrogen and oxygen atoms in total. The molecule has 2 aliphatic heterocycles. The number of rotatable bonds is 3. The number of pyridine rings is 1. The number of aromatic nitrogens is 1. The van der Waals surface area contributed by atoms with Gasteiger partial charge in [-0.2, -0.15) is 4.98 Å². The third-order valence-electron chi connectivity index (χ3n) is 4.86. The van der Waals surface area contributed by atoms with Crippen LogP contribution in [0.25, 0.3) is 0 Å². The van der Waals surface area contributed by atoms with E-state index in [9.17, 15) is 4.39 Å². The minimum atomic E-state index is -0.323. The van der Waals surface area contributed by atoms with Crippen molar-refractivity contribution in [3.05, 3.63) is 48.3 Å². The lowest BCUT2D eigenvalue weighted by atomic mass is 9.90. The molecule has 2 saturated heterocycles. The predicted octanol–water partition coefficient (Wildman–Crippen LogP) is 2.97. The second-order valence-corrected chi connectivity index (χ2v) is 6.59. The monoisotopic (exact) mass is 343 g/mol.